The number of hydrogen-bond acceptors (Lipinski definition) is 3. The smallest absolute Gasteiger partial charge is 0.337 e. The monoisotopic (exact) mass is 289 g/mol. The van der Waals surface area contributed by atoms with Gasteiger partial charge in [0.15, 0.2) is 11.6 Å². The van der Waals surface area contributed by atoms with Crippen LogP contribution in [0, 0.1) is 5.82 Å². The van der Waals surface area contributed by atoms with Crippen molar-refractivity contribution in [3.05, 3.63) is 53.3 Å². The first-order valence-electron chi connectivity index (χ1n) is 6.48. The number of rotatable bonds is 4. The molecule has 0 fully saturated rings. The minimum Gasteiger partial charge on any atom is -0.478 e. The van der Waals surface area contributed by atoms with Gasteiger partial charge in [-0.25, -0.2) is 9.18 Å². The summed E-state index contributed by atoms with van der Waals surface area (Å²) in [6.45, 7) is 4.07. The Morgan fingerprint density at radius 3 is 2.62 bits per heavy atom. The van der Waals surface area contributed by atoms with E-state index in [4.69, 9.17) is 15.6 Å². The zero-order valence-corrected chi connectivity index (χ0v) is 11.8. The SMILES string of the molecule is CC(C)c1cccc(Oc2cc(C(=O)O)c(N)cc2F)c1. The van der Waals surface area contributed by atoms with Gasteiger partial charge >= 0.3 is 5.97 Å². The fourth-order valence-electron chi connectivity index (χ4n) is 1.90. The lowest BCUT2D eigenvalue weighted by atomic mass is 10.0. The summed E-state index contributed by atoms with van der Waals surface area (Å²) in [5, 5.41) is 9.01. The van der Waals surface area contributed by atoms with E-state index in [0.717, 1.165) is 17.7 Å². The number of halogens is 1. The van der Waals surface area contributed by atoms with Gasteiger partial charge in [0.25, 0.3) is 0 Å². The minimum atomic E-state index is -1.23. The van der Waals surface area contributed by atoms with Crippen LogP contribution in [0.15, 0.2) is 36.4 Å². The molecular formula is C16H16FNO3. The quantitative estimate of drug-likeness (QED) is 0.834. The Bertz CT molecular complexity index is 683. The van der Waals surface area contributed by atoms with E-state index in [9.17, 15) is 9.18 Å². The fraction of sp³-hybridized carbons (Fsp3) is 0.188. The maximum absolute atomic E-state index is 13.8. The van der Waals surface area contributed by atoms with Crippen molar-refractivity contribution >= 4 is 11.7 Å². The molecule has 0 spiro atoms. The second-order valence-corrected chi connectivity index (χ2v) is 5.00. The Labute approximate surface area is 122 Å². The molecule has 0 saturated carbocycles. The van der Waals surface area contributed by atoms with E-state index in [1.165, 1.54) is 0 Å². The Morgan fingerprint density at radius 2 is 2.00 bits per heavy atom. The van der Waals surface area contributed by atoms with Gasteiger partial charge in [-0.05, 0) is 23.6 Å². The van der Waals surface area contributed by atoms with E-state index < -0.39 is 11.8 Å². The number of carboxylic acids is 1. The van der Waals surface area contributed by atoms with Crippen LogP contribution in [0.25, 0.3) is 0 Å². The molecule has 0 saturated heterocycles. The maximum Gasteiger partial charge on any atom is 0.337 e. The fourth-order valence-corrected chi connectivity index (χ4v) is 1.90. The van der Waals surface area contributed by atoms with Crippen molar-refractivity contribution in [2.24, 2.45) is 0 Å². The van der Waals surface area contributed by atoms with Crippen molar-refractivity contribution in [3.63, 3.8) is 0 Å². The first-order chi connectivity index (χ1) is 9.88. The molecule has 0 heterocycles. The first-order valence-corrected chi connectivity index (χ1v) is 6.48. The molecule has 110 valence electrons. The van der Waals surface area contributed by atoms with Crippen LogP contribution in [0.1, 0.15) is 35.7 Å². The molecule has 21 heavy (non-hydrogen) atoms. The minimum absolute atomic E-state index is 0.136. The van der Waals surface area contributed by atoms with E-state index in [1.54, 1.807) is 18.2 Å². The van der Waals surface area contributed by atoms with Crippen molar-refractivity contribution in [2.45, 2.75) is 19.8 Å². The molecule has 2 aromatic rings. The second-order valence-electron chi connectivity index (χ2n) is 5.00. The predicted octanol–water partition coefficient (Wildman–Crippen LogP) is 4.02. The van der Waals surface area contributed by atoms with E-state index in [1.807, 2.05) is 19.9 Å². The molecule has 2 aromatic carbocycles. The second kappa shape index (κ2) is 5.83. The number of ether oxygens (including phenoxy) is 1. The van der Waals surface area contributed by atoms with E-state index in [2.05, 4.69) is 0 Å². The highest BCUT2D eigenvalue weighted by Crippen LogP contribution is 2.30. The maximum atomic E-state index is 13.8. The van der Waals surface area contributed by atoms with Crippen LogP contribution in [0.3, 0.4) is 0 Å². The van der Waals surface area contributed by atoms with Gasteiger partial charge in [0.05, 0.1) is 5.56 Å². The van der Waals surface area contributed by atoms with Crippen molar-refractivity contribution in [3.8, 4) is 11.5 Å². The summed E-state index contributed by atoms with van der Waals surface area (Å²) in [7, 11) is 0. The third kappa shape index (κ3) is 3.31. The lowest BCUT2D eigenvalue weighted by molar-refractivity contribution is 0.0697. The molecule has 2 rings (SSSR count). The number of benzene rings is 2. The van der Waals surface area contributed by atoms with Crippen LogP contribution in [0.5, 0.6) is 11.5 Å². The predicted molar refractivity (Wildman–Crippen MR) is 78.4 cm³/mol. The molecule has 4 nitrogen and oxygen atoms in total. The number of carbonyl (C=O) groups is 1. The summed E-state index contributed by atoms with van der Waals surface area (Å²) < 4.78 is 19.3. The molecule has 3 N–H and O–H groups in total. The van der Waals surface area contributed by atoms with Crippen molar-refractivity contribution < 1.29 is 19.0 Å². The van der Waals surface area contributed by atoms with Gasteiger partial charge in [0.1, 0.15) is 5.75 Å². The van der Waals surface area contributed by atoms with Crippen LogP contribution in [-0.2, 0) is 0 Å². The van der Waals surface area contributed by atoms with Crippen LogP contribution in [0.4, 0.5) is 10.1 Å². The van der Waals surface area contributed by atoms with Crippen LogP contribution in [-0.4, -0.2) is 11.1 Å². The number of nitrogens with two attached hydrogens (primary N) is 1. The zero-order valence-electron chi connectivity index (χ0n) is 11.8. The number of hydrogen-bond donors (Lipinski definition) is 2. The average molecular weight is 289 g/mol. The average Bonchev–Trinajstić information content (AvgIpc) is 2.41. The Morgan fingerprint density at radius 1 is 1.29 bits per heavy atom. The van der Waals surface area contributed by atoms with Crippen molar-refractivity contribution in [1.29, 1.82) is 0 Å². The molecule has 0 unspecified atom stereocenters. The molecule has 0 aliphatic heterocycles. The van der Waals surface area contributed by atoms with Gasteiger partial charge in [0, 0.05) is 17.8 Å². The summed E-state index contributed by atoms with van der Waals surface area (Å²) in [6, 6.07) is 9.26. The van der Waals surface area contributed by atoms with Gasteiger partial charge in [-0.1, -0.05) is 26.0 Å². The van der Waals surface area contributed by atoms with Gasteiger partial charge in [-0.2, -0.15) is 0 Å². The Hall–Kier alpha value is -2.56. The van der Waals surface area contributed by atoms with Crippen LogP contribution < -0.4 is 10.5 Å². The van der Waals surface area contributed by atoms with Crippen molar-refractivity contribution in [2.75, 3.05) is 5.73 Å². The highest BCUT2D eigenvalue weighted by molar-refractivity contribution is 5.94. The molecule has 0 aliphatic carbocycles. The summed E-state index contributed by atoms with van der Waals surface area (Å²) in [5.74, 6) is -1.34. The first kappa shape index (κ1) is 14.8. The molecule has 0 aliphatic rings. The lowest BCUT2D eigenvalue weighted by Crippen LogP contribution is -2.04. The van der Waals surface area contributed by atoms with Crippen molar-refractivity contribution in [1.82, 2.24) is 0 Å². The van der Waals surface area contributed by atoms with Gasteiger partial charge in [-0.3, -0.25) is 0 Å². The summed E-state index contributed by atoms with van der Waals surface area (Å²) in [6.07, 6.45) is 0. The molecule has 0 atom stereocenters. The highest BCUT2D eigenvalue weighted by atomic mass is 19.1. The molecule has 5 heteroatoms. The standard InChI is InChI=1S/C16H16FNO3/c1-9(2)10-4-3-5-11(6-10)21-15-7-12(16(19)20)14(18)8-13(15)17/h3-9H,18H2,1-2H3,(H,19,20). The molecule has 0 amide bonds. The topological polar surface area (TPSA) is 72.5 Å². The summed E-state index contributed by atoms with van der Waals surface area (Å²) in [4.78, 5) is 11.0. The number of anilines is 1. The summed E-state index contributed by atoms with van der Waals surface area (Å²) in [5.41, 5.74) is 6.19. The number of nitrogen functional groups attached to an aromatic ring is 1. The van der Waals surface area contributed by atoms with E-state index >= 15 is 0 Å². The van der Waals surface area contributed by atoms with Gasteiger partial charge in [0.2, 0.25) is 0 Å². The molecular weight excluding hydrogens is 273 g/mol. The van der Waals surface area contributed by atoms with Crippen LogP contribution >= 0.6 is 0 Å². The number of carboxylic acid groups (broad SMARTS) is 1. The Kier molecular flexibility index (Phi) is 4.12. The number of aromatic carboxylic acids is 1. The van der Waals surface area contributed by atoms with Crippen LogP contribution in [0.2, 0.25) is 0 Å². The zero-order chi connectivity index (χ0) is 15.6. The van der Waals surface area contributed by atoms with Gasteiger partial charge < -0.3 is 15.6 Å². The Balaban J connectivity index is 2.37. The molecule has 0 aromatic heterocycles. The highest BCUT2D eigenvalue weighted by Gasteiger charge is 2.15. The largest absolute Gasteiger partial charge is 0.478 e. The third-order valence-electron chi connectivity index (χ3n) is 3.09. The summed E-state index contributed by atoms with van der Waals surface area (Å²) >= 11 is 0. The molecule has 0 radical (unpaired) electrons. The van der Waals surface area contributed by atoms with E-state index in [0.29, 0.717) is 11.7 Å². The van der Waals surface area contributed by atoms with E-state index in [-0.39, 0.29) is 17.0 Å². The normalized spacial score (nSPS) is 10.7. The third-order valence-corrected chi connectivity index (χ3v) is 3.09. The molecule has 0 bridgehead atoms. The van der Waals surface area contributed by atoms with Gasteiger partial charge in [-0.15, -0.1) is 0 Å². The lowest BCUT2D eigenvalue weighted by Gasteiger charge is -2.11.